The van der Waals surface area contributed by atoms with E-state index in [0.29, 0.717) is 12.3 Å². The molecule has 0 radical (unpaired) electrons. The van der Waals surface area contributed by atoms with Crippen LogP contribution in [0.15, 0.2) is 36.1 Å². The maximum atomic E-state index is 13.3. The predicted octanol–water partition coefficient (Wildman–Crippen LogP) is 5.11. The van der Waals surface area contributed by atoms with Crippen LogP contribution in [0.2, 0.25) is 25.7 Å². The van der Waals surface area contributed by atoms with Gasteiger partial charge >= 0.3 is 0 Å². The van der Waals surface area contributed by atoms with E-state index in [9.17, 15) is 9.90 Å². The molecule has 1 aliphatic carbocycles. The molecule has 0 bridgehead atoms. The van der Waals surface area contributed by atoms with Gasteiger partial charge in [0.05, 0.1) is 22.0 Å². The molecule has 0 saturated heterocycles. The fraction of sp³-hybridized carbons (Fsp3) is 0.500. The molecule has 2 aromatic heterocycles. The Morgan fingerprint density at radius 3 is 2.75 bits per heavy atom. The quantitative estimate of drug-likeness (QED) is 0.354. The van der Waals surface area contributed by atoms with Crippen molar-refractivity contribution in [3.8, 4) is 10.4 Å². The monoisotopic (exact) mass is 471 g/mol. The highest BCUT2D eigenvalue weighted by Crippen LogP contribution is 2.31. The van der Waals surface area contributed by atoms with Gasteiger partial charge in [-0.15, -0.1) is 11.3 Å². The van der Waals surface area contributed by atoms with Crippen LogP contribution in [-0.4, -0.2) is 47.4 Å². The Bertz CT molecular complexity index is 1050. The molecule has 1 aromatic carbocycles. The molecule has 1 amide bonds. The van der Waals surface area contributed by atoms with Gasteiger partial charge in [0.25, 0.3) is 5.91 Å². The summed E-state index contributed by atoms with van der Waals surface area (Å²) < 4.78 is 8.07. The zero-order valence-electron chi connectivity index (χ0n) is 19.1. The summed E-state index contributed by atoms with van der Waals surface area (Å²) in [4.78, 5) is 18.5. The van der Waals surface area contributed by atoms with Crippen molar-refractivity contribution < 1.29 is 14.6 Å². The Morgan fingerprint density at radius 2 is 2.06 bits per heavy atom. The van der Waals surface area contributed by atoms with Gasteiger partial charge in [0.15, 0.2) is 0 Å². The van der Waals surface area contributed by atoms with Crippen molar-refractivity contribution in [3.63, 3.8) is 0 Å². The molecule has 8 heteroatoms. The van der Waals surface area contributed by atoms with Gasteiger partial charge in [-0.25, -0.2) is 0 Å². The Labute approximate surface area is 194 Å². The summed E-state index contributed by atoms with van der Waals surface area (Å²) in [7, 11) is -1.14. The van der Waals surface area contributed by atoms with Crippen LogP contribution in [0.5, 0.6) is 0 Å². The van der Waals surface area contributed by atoms with E-state index in [0.717, 1.165) is 59.7 Å². The van der Waals surface area contributed by atoms with E-state index < -0.39 is 8.07 Å². The van der Waals surface area contributed by atoms with Crippen LogP contribution in [0.25, 0.3) is 21.3 Å². The van der Waals surface area contributed by atoms with E-state index in [1.165, 1.54) is 0 Å². The third kappa shape index (κ3) is 5.67. The fourth-order valence-electron chi connectivity index (χ4n) is 4.12. The molecule has 4 rings (SSSR count). The summed E-state index contributed by atoms with van der Waals surface area (Å²) in [6.45, 7) is 8.27. The summed E-state index contributed by atoms with van der Waals surface area (Å²) in [6.07, 6.45) is 6.72. The minimum absolute atomic E-state index is 0.0554. The van der Waals surface area contributed by atoms with E-state index in [-0.39, 0.29) is 18.1 Å². The number of aliphatic hydroxyl groups is 1. The predicted molar refractivity (Wildman–Crippen MR) is 133 cm³/mol. The van der Waals surface area contributed by atoms with Gasteiger partial charge in [-0.1, -0.05) is 19.6 Å². The maximum absolute atomic E-state index is 13.3. The molecule has 2 heterocycles. The number of carbonyl (C=O) groups is 1. The minimum Gasteiger partial charge on any atom is -0.393 e. The zero-order valence-corrected chi connectivity index (χ0v) is 21.0. The van der Waals surface area contributed by atoms with Gasteiger partial charge in [-0.2, -0.15) is 0 Å². The van der Waals surface area contributed by atoms with Crippen molar-refractivity contribution in [1.29, 1.82) is 0 Å². The number of ether oxygens (including phenoxy) is 1. The van der Waals surface area contributed by atoms with Gasteiger partial charge < -0.3 is 19.7 Å². The van der Waals surface area contributed by atoms with Gasteiger partial charge in [-0.3, -0.25) is 9.78 Å². The molecule has 6 nitrogen and oxygen atoms in total. The number of aromatic nitrogens is 2. The van der Waals surface area contributed by atoms with Crippen molar-refractivity contribution in [2.45, 2.75) is 70.2 Å². The lowest BCUT2D eigenvalue weighted by Gasteiger charge is -2.26. The topological polar surface area (TPSA) is 76.4 Å². The van der Waals surface area contributed by atoms with Crippen molar-refractivity contribution in [3.05, 3.63) is 41.7 Å². The largest absolute Gasteiger partial charge is 0.393 e. The number of amides is 1. The number of nitrogens with zero attached hydrogens (tertiary/aromatic N) is 2. The van der Waals surface area contributed by atoms with E-state index in [1.807, 2.05) is 30.0 Å². The number of hydrogen-bond donors (Lipinski definition) is 2. The molecule has 2 N–H and O–H groups in total. The fourth-order valence-corrected chi connectivity index (χ4v) is 5.49. The van der Waals surface area contributed by atoms with Crippen LogP contribution in [0.4, 0.5) is 0 Å². The normalized spacial score (nSPS) is 19.4. The van der Waals surface area contributed by atoms with Crippen LogP contribution in [0.3, 0.4) is 0 Å². The number of fused-ring (bicyclic) bond motifs is 1. The third-order valence-corrected chi connectivity index (χ3v) is 8.64. The summed E-state index contributed by atoms with van der Waals surface area (Å²) in [5.41, 5.74) is 4.47. The van der Waals surface area contributed by atoms with Gasteiger partial charge in [0.2, 0.25) is 0 Å². The molecule has 1 saturated carbocycles. The van der Waals surface area contributed by atoms with Crippen LogP contribution in [-0.2, 0) is 11.5 Å². The molecule has 0 spiro atoms. The number of aliphatic hydroxyl groups excluding tert-OH is 1. The van der Waals surface area contributed by atoms with Gasteiger partial charge in [0, 0.05) is 44.1 Å². The Morgan fingerprint density at radius 1 is 1.28 bits per heavy atom. The first-order valence-electron chi connectivity index (χ1n) is 11.4. The number of thiazole rings is 1. The number of nitrogens with one attached hydrogen (secondary N) is 1. The highest BCUT2D eigenvalue weighted by atomic mass is 32.1. The number of rotatable bonds is 8. The first-order chi connectivity index (χ1) is 15.3. The molecule has 1 aliphatic rings. The molecule has 3 aromatic rings. The van der Waals surface area contributed by atoms with Crippen molar-refractivity contribution in [2.75, 3.05) is 6.61 Å². The maximum Gasteiger partial charge on any atom is 0.252 e. The average Bonchev–Trinajstić information content (AvgIpc) is 3.42. The number of hydrogen-bond acceptors (Lipinski definition) is 5. The Hall–Kier alpha value is -2.00. The minimum atomic E-state index is -1.14. The third-order valence-electron chi connectivity index (χ3n) is 6.11. The molecule has 0 atom stereocenters. The summed E-state index contributed by atoms with van der Waals surface area (Å²) in [5, 5.41) is 13.9. The van der Waals surface area contributed by atoms with Crippen LogP contribution in [0.1, 0.15) is 36.0 Å². The second-order valence-corrected chi connectivity index (χ2v) is 16.4. The smallest absolute Gasteiger partial charge is 0.252 e. The molecular weight excluding hydrogens is 438 g/mol. The molecule has 172 valence electrons. The summed E-state index contributed by atoms with van der Waals surface area (Å²) in [6, 6.07) is 7.34. The van der Waals surface area contributed by atoms with Crippen LogP contribution < -0.4 is 5.32 Å². The van der Waals surface area contributed by atoms with E-state index in [2.05, 4.69) is 40.6 Å². The lowest BCUT2D eigenvalue weighted by molar-refractivity contribution is 0.0868. The lowest BCUT2D eigenvalue weighted by atomic mass is 9.92. The highest BCUT2D eigenvalue weighted by molar-refractivity contribution is 7.13. The average molecular weight is 472 g/mol. The van der Waals surface area contributed by atoms with Crippen molar-refractivity contribution in [1.82, 2.24) is 14.9 Å². The summed E-state index contributed by atoms with van der Waals surface area (Å²) in [5.74, 6) is -0.0554. The highest BCUT2D eigenvalue weighted by Gasteiger charge is 2.23. The second kappa shape index (κ2) is 9.87. The van der Waals surface area contributed by atoms with E-state index in [4.69, 9.17) is 4.74 Å². The van der Waals surface area contributed by atoms with Crippen molar-refractivity contribution >= 4 is 36.2 Å². The second-order valence-electron chi connectivity index (χ2n) is 9.93. The molecule has 0 aliphatic heterocycles. The molecule has 32 heavy (non-hydrogen) atoms. The molecule has 0 unspecified atom stereocenters. The number of benzene rings is 1. The van der Waals surface area contributed by atoms with Crippen molar-refractivity contribution in [2.24, 2.45) is 0 Å². The summed E-state index contributed by atoms with van der Waals surface area (Å²) >= 11 is 1.57. The molecular formula is C24H33N3O3SSi. The number of carbonyl (C=O) groups excluding carboxylic acids is 1. The van der Waals surface area contributed by atoms with E-state index in [1.54, 1.807) is 11.3 Å². The molecule has 1 fully saturated rings. The first-order valence-corrected chi connectivity index (χ1v) is 16.0. The van der Waals surface area contributed by atoms with Crippen LogP contribution in [0, 0.1) is 0 Å². The standard InChI is InChI=1S/C24H33N3O3SSi/c1-32(2,3)11-10-30-16-27-9-8-20-21(24(29)26-18-4-6-19(28)7-5-18)12-17(13-22(20)27)23-14-25-15-31-23/h8-9,12-15,18-19,28H,4-7,10-11,16H2,1-3H3,(H,26,29)/t18-,19-. The van der Waals surface area contributed by atoms with Gasteiger partial charge in [0.1, 0.15) is 6.73 Å². The zero-order chi connectivity index (χ0) is 22.7. The van der Waals surface area contributed by atoms with Crippen LogP contribution >= 0.6 is 11.3 Å². The SMILES string of the molecule is C[Si](C)(C)CCOCn1ccc2c(C(=O)N[C@H]3CC[C@H](O)CC3)cc(-c3cncs3)cc21. The first kappa shape index (κ1) is 23.2. The van der Waals surface area contributed by atoms with E-state index >= 15 is 0 Å². The Balaban J connectivity index is 1.59. The Kier molecular flexibility index (Phi) is 7.14. The lowest BCUT2D eigenvalue weighted by Crippen LogP contribution is -2.38. The van der Waals surface area contributed by atoms with Gasteiger partial charge in [-0.05, 0) is 55.5 Å².